The summed E-state index contributed by atoms with van der Waals surface area (Å²) in [5, 5.41) is 8.70. The molecule has 0 rings (SSSR count). The number of hydrogen-bond acceptors (Lipinski definition) is 2. The van der Waals surface area contributed by atoms with Gasteiger partial charge in [0.1, 0.15) is 0 Å². The molecule has 0 aromatic rings. The molecule has 0 aliphatic heterocycles. The van der Waals surface area contributed by atoms with Gasteiger partial charge in [0.25, 0.3) is 0 Å². The summed E-state index contributed by atoms with van der Waals surface area (Å²) >= 11 is 0. The first-order valence-electron chi connectivity index (χ1n) is 4.62. The Morgan fingerprint density at radius 3 is 2.33 bits per heavy atom. The Kier molecular flexibility index (Phi) is 6.03. The quantitative estimate of drug-likeness (QED) is 0.614. The van der Waals surface area contributed by atoms with Crippen LogP contribution in [0.25, 0.3) is 0 Å². The maximum atomic E-state index is 8.70. The molecular formula is C10H21NO. The van der Waals surface area contributed by atoms with Crippen molar-refractivity contribution in [3.63, 3.8) is 0 Å². The Morgan fingerprint density at radius 2 is 2.00 bits per heavy atom. The highest BCUT2D eigenvalue weighted by atomic mass is 16.3. The van der Waals surface area contributed by atoms with Gasteiger partial charge in [-0.25, -0.2) is 0 Å². The summed E-state index contributed by atoms with van der Waals surface area (Å²) in [5.74, 6) is 0. The van der Waals surface area contributed by atoms with E-state index in [1.54, 1.807) is 0 Å². The van der Waals surface area contributed by atoms with Crippen molar-refractivity contribution in [3.8, 4) is 0 Å². The van der Waals surface area contributed by atoms with Crippen LogP contribution in [-0.2, 0) is 0 Å². The second-order valence-corrected chi connectivity index (χ2v) is 3.39. The maximum Gasteiger partial charge on any atom is 0.0443 e. The number of rotatable bonds is 6. The first-order valence-corrected chi connectivity index (χ1v) is 4.62. The predicted octanol–water partition coefficient (Wildman–Crippen LogP) is 1.65. The van der Waals surface area contributed by atoms with Crippen molar-refractivity contribution in [3.05, 3.63) is 12.7 Å². The van der Waals surface area contributed by atoms with Crippen LogP contribution in [0.15, 0.2) is 12.7 Å². The van der Waals surface area contributed by atoms with Crippen molar-refractivity contribution < 1.29 is 5.11 Å². The van der Waals surface area contributed by atoms with Crippen LogP contribution in [0.5, 0.6) is 0 Å². The highest BCUT2D eigenvalue weighted by Gasteiger charge is 2.12. The van der Waals surface area contributed by atoms with E-state index in [1.807, 2.05) is 6.08 Å². The van der Waals surface area contributed by atoms with E-state index in [4.69, 9.17) is 5.11 Å². The van der Waals surface area contributed by atoms with E-state index in [2.05, 4.69) is 32.3 Å². The second-order valence-electron chi connectivity index (χ2n) is 3.39. The van der Waals surface area contributed by atoms with Gasteiger partial charge in [-0.3, -0.25) is 4.90 Å². The van der Waals surface area contributed by atoms with Crippen molar-refractivity contribution in [1.82, 2.24) is 4.90 Å². The lowest BCUT2D eigenvalue weighted by atomic mass is 10.2. The molecule has 0 spiro atoms. The van der Waals surface area contributed by atoms with Gasteiger partial charge in [0.05, 0.1) is 0 Å². The van der Waals surface area contributed by atoms with Gasteiger partial charge in [-0.05, 0) is 27.2 Å². The van der Waals surface area contributed by atoms with Gasteiger partial charge < -0.3 is 5.11 Å². The maximum absolute atomic E-state index is 8.70. The molecule has 1 N–H and O–H groups in total. The number of nitrogens with zero attached hydrogens (tertiary/aromatic N) is 1. The number of aliphatic hydroxyl groups is 1. The van der Waals surface area contributed by atoms with E-state index in [0.717, 1.165) is 13.0 Å². The number of hydrogen-bond donors (Lipinski definition) is 1. The molecule has 0 radical (unpaired) electrons. The highest BCUT2D eigenvalue weighted by Crippen LogP contribution is 2.06. The third kappa shape index (κ3) is 3.88. The Balaban J connectivity index is 3.94. The standard InChI is InChI=1S/C10H21NO/c1-5-10(4)11(9(2)3)7-6-8-12/h5,9-10,12H,1,6-8H2,2-4H3. The molecule has 0 amide bonds. The average Bonchev–Trinajstić information content (AvgIpc) is 2.04. The largest absolute Gasteiger partial charge is 0.396 e. The van der Waals surface area contributed by atoms with Crippen LogP contribution in [0.2, 0.25) is 0 Å². The van der Waals surface area contributed by atoms with E-state index in [-0.39, 0.29) is 6.61 Å². The fourth-order valence-corrected chi connectivity index (χ4v) is 1.32. The molecule has 2 heteroatoms. The first kappa shape index (κ1) is 11.7. The van der Waals surface area contributed by atoms with E-state index >= 15 is 0 Å². The Hall–Kier alpha value is -0.340. The van der Waals surface area contributed by atoms with Crippen molar-refractivity contribution in [2.24, 2.45) is 0 Å². The molecule has 0 aliphatic carbocycles. The fraction of sp³-hybridized carbons (Fsp3) is 0.800. The van der Waals surface area contributed by atoms with Gasteiger partial charge >= 0.3 is 0 Å². The van der Waals surface area contributed by atoms with Gasteiger partial charge in [0.15, 0.2) is 0 Å². The minimum atomic E-state index is 0.271. The fourth-order valence-electron chi connectivity index (χ4n) is 1.32. The summed E-state index contributed by atoms with van der Waals surface area (Å²) in [7, 11) is 0. The normalized spacial score (nSPS) is 13.8. The minimum Gasteiger partial charge on any atom is -0.396 e. The molecular weight excluding hydrogens is 150 g/mol. The van der Waals surface area contributed by atoms with Crippen molar-refractivity contribution >= 4 is 0 Å². The smallest absolute Gasteiger partial charge is 0.0443 e. The molecule has 2 nitrogen and oxygen atoms in total. The molecule has 0 bridgehead atoms. The van der Waals surface area contributed by atoms with Crippen molar-refractivity contribution in [1.29, 1.82) is 0 Å². The summed E-state index contributed by atoms with van der Waals surface area (Å²) in [5.41, 5.74) is 0. The molecule has 0 fully saturated rings. The zero-order valence-electron chi connectivity index (χ0n) is 8.45. The highest BCUT2D eigenvalue weighted by molar-refractivity contribution is 4.85. The molecule has 0 aromatic carbocycles. The van der Waals surface area contributed by atoms with Crippen molar-refractivity contribution in [2.75, 3.05) is 13.2 Å². The molecule has 0 aromatic heterocycles. The molecule has 0 heterocycles. The van der Waals surface area contributed by atoms with E-state index < -0.39 is 0 Å². The van der Waals surface area contributed by atoms with E-state index in [0.29, 0.717) is 12.1 Å². The minimum absolute atomic E-state index is 0.271. The Morgan fingerprint density at radius 1 is 1.42 bits per heavy atom. The molecule has 1 atom stereocenters. The van der Waals surface area contributed by atoms with Crippen LogP contribution < -0.4 is 0 Å². The third-order valence-electron chi connectivity index (χ3n) is 2.10. The molecule has 12 heavy (non-hydrogen) atoms. The summed E-state index contributed by atoms with van der Waals surface area (Å²) in [6.07, 6.45) is 2.79. The van der Waals surface area contributed by atoms with E-state index in [9.17, 15) is 0 Å². The van der Waals surface area contributed by atoms with Gasteiger partial charge in [-0.1, -0.05) is 6.08 Å². The third-order valence-corrected chi connectivity index (χ3v) is 2.10. The Bertz CT molecular complexity index is 123. The average molecular weight is 171 g/mol. The van der Waals surface area contributed by atoms with Gasteiger partial charge in [0.2, 0.25) is 0 Å². The Labute approximate surface area is 75.9 Å². The van der Waals surface area contributed by atoms with Crippen LogP contribution in [0.3, 0.4) is 0 Å². The monoisotopic (exact) mass is 171 g/mol. The van der Waals surface area contributed by atoms with Crippen LogP contribution >= 0.6 is 0 Å². The van der Waals surface area contributed by atoms with Crippen LogP contribution in [0, 0.1) is 0 Å². The van der Waals surface area contributed by atoms with Crippen LogP contribution in [0.4, 0.5) is 0 Å². The lowest BCUT2D eigenvalue weighted by Gasteiger charge is -2.30. The van der Waals surface area contributed by atoms with Crippen molar-refractivity contribution in [2.45, 2.75) is 39.3 Å². The van der Waals surface area contributed by atoms with Gasteiger partial charge in [-0.15, -0.1) is 6.58 Å². The topological polar surface area (TPSA) is 23.5 Å². The predicted molar refractivity (Wildman–Crippen MR) is 53.2 cm³/mol. The zero-order valence-corrected chi connectivity index (χ0v) is 8.45. The summed E-state index contributed by atoms with van der Waals surface area (Å²) in [6.45, 7) is 11.4. The van der Waals surface area contributed by atoms with Crippen LogP contribution in [0.1, 0.15) is 27.2 Å². The molecule has 0 saturated carbocycles. The SMILES string of the molecule is C=CC(C)N(CCCO)C(C)C. The molecule has 0 saturated heterocycles. The van der Waals surface area contributed by atoms with Crippen LogP contribution in [-0.4, -0.2) is 35.2 Å². The first-order chi connectivity index (χ1) is 5.63. The molecule has 1 unspecified atom stereocenters. The lowest BCUT2D eigenvalue weighted by Crippen LogP contribution is -2.38. The zero-order chi connectivity index (χ0) is 9.56. The van der Waals surface area contributed by atoms with Gasteiger partial charge in [0, 0.05) is 25.2 Å². The van der Waals surface area contributed by atoms with Gasteiger partial charge in [-0.2, -0.15) is 0 Å². The summed E-state index contributed by atoms with van der Waals surface area (Å²) in [4.78, 5) is 2.32. The second kappa shape index (κ2) is 6.21. The summed E-state index contributed by atoms with van der Waals surface area (Å²) in [6, 6.07) is 0.918. The molecule has 72 valence electrons. The lowest BCUT2D eigenvalue weighted by molar-refractivity contribution is 0.169. The number of aliphatic hydroxyl groups excluding tert-OH is 1. The summed E-state index contributed by atoms with van der Waals surface area (Å²) < 4.78 is 0. The van der Waals surface area contributed by atoms with E-state index in [1.165, 1.54) is 0 Å². The molecule has 0 aliphatic rings.